The topological polar surface area (TPSA) is 60.7 Å². The van der Waals surface area contributed by atoms with Gasteiger partial charge in [0, 0.05) is 17.8 Å². The summed E-state index contributed by atoms with van der Waals surface area (Å²) in [4.78, 5) is 25.1. The summed E-state index contributed by atoms with van der Waals surface area (Å²) in [6.07, 6.45) is 3.18. The molecule has 0 aromatic carbocycles. The Morgan fingerprint density at radius 2 is 1.96 bits per heavy atom. The summed E-state index contributed by atoms with van der Waals surface area (Å²) in [6.45, 7) is 5.96. The second-order valence-electron chi connectivity index (χ2n) is 5.57. The fourth-order valence-corrected chi connectivity index (χ4v) is 2.80. The lowest BCUT2D eigenvalue weighted by atomic mass is 10.0. The van der Waals surface area contributed by atoms with Crippen LogP contribution in [-0.4, -0.2) is 19.5 Å². The first kappa shape index (κ1) is 15.9. The first-order chi connectivity index (χ1) is 10.9. The molecule has 3 rings (SSSR count). The van der Waals surface area contributed by atoms with E-state index in [9.17, 15) is 4.79 Å². The van der Waals surface area contributed by atoms with E-state index in [1.54, 1.807) is 12.3 Å². The van der Waals surface area contributed by atoms with Crippen molar-refractivity contribution < 1.29 is 0 Å². The van der Waals surface area contributed by atoms with Crippen molar-refractivity contribution in [2.45, 2.75) is 26.7 Å². The number of hydrogen-bond donors (Lipinski definition) is 0. The quantitative estimate of drug-likeness (QED) is 0.658. The molecule has 5 nitrogen and oxygen atoms in total. The fraction of sp³-hybridized carbons (Fsp3) is 0.250. The van der Waals surface area contributed by atoms with E-state index in [0.717, 1.165) is 11.3 Å². The summed E-state index contributed by atoms with van der Waals surface area (Å²) < 4.78 is 1.45. The van der Waals surface area contributed by atoms with E-state index in [0.29, 0.717) is 21.7 Å². The molecule has 0 aliphatic carbocycles. The van der Waals surface area contributed by atoms with Crippen LogP contribution in [0, 0.1) is 6.92 Å². The molecule has 0 unspecified atom stereocenters. The minimum absolute atomic E-state index is 0.134. The fourth-order valence-electron chi connectivity index (χ4n) is 2.51. The first-order valence-electron chi connectivity index (χ1n) is 7.10. The molecule has 0 fully saturated rings. The number of aromatic nitrogens is 4. The van der Waals surface area contributed by atoms with Crippen LogP contribution >= 0.6 is 23.2 Å². The van der Waals surface area contributed by atoms with Gasteiger partial charge in [0.15, 0.2) is 5.65 Å². The third-order valence-corrected chi connectivity index (χ3v) is 4.26. The lowest BCUT2D eigenvalue weighted by molar-refractivity contribution is 0.790. The minimum Gasteiger partial charge on any atom is -0.259 e. The molecule has 0 bridgehead atoms. The van der Waals surface area contributed by atoms with Crippen LogP contribution in [0.1, 0.15) is 31.0 Å². The van der Waals surface area contributed by atoms with Gasteiger partial charge in [0.2, 0.25) is 0 Å². The highest BCUT2D eigenvalue weighted by atomic mass is 35.5. The Kier molecular flexibility index (Phi) is 4.08. The number of aryl methyl sites for hydroxylation is 1. The highest BCUT2D eigenvalue weighted by Crippen LogP contribution is 2.28. The summed E-state index contributed by atoms with van der Waals surface area (Å²) in [6, 6.07) is 3.50. The van der Waals surface area contributed by atoms with Crippen molar-refractivity contribution in [3.05, 3.63) is 56.4 Å². The first-order valence-corrected chi connectivity index (χ1v) is 7.85. The molecule has 0 saturated heterocycles. The largest absolute Gasteiger partial charge is 0.353 e. The zero-order valence-electron chi connectivity index (χ0n) is 12.8. The van der Waals surface area contributed by atoms with E-state index in [-0.39, 0.29) is 11.1 Å². The van der Waals surface area contributed by atoms with Gasteiger partial charge in [0.1, 0.15) is 5.15 Å². The van der Waals surface area contributed by atoms with Gasteiger partial charge in [0.05, 0.1) is 16.4 Å². The van der Waals surface area contributed by atoms with Crippen molar-refractivity contribution in [1.29, 1.82) is 0 Å². The second-order valence-corrected chi connectivity index (χ2v) is 6.33. The molecule has 23 heavy (non-hydrogen) atoms. The van der Waals surface area contributed by atoms with Crippen molar-refractivity contribution in [3.8, 4) is 5.69 Å². The van der Waals surface area contributed by atoms with Gasteiger partial charge in [0.25, 0.3) is 0 Å². The number of rotatable bonds is 2. The van der Waals surface area contributed by atoms with Crippen LogP contribution < -0.4 is 5.69 Å². The maximum absolute atomic E-state index is 12.5. The van der Waals surface area contributed by atoms with Crippen molar-refractivity contribution >= 4 is 34.2 Å². The molecule has 3 aromatic heterocycles. The Balaban J connectivity index is 2.49. The molecule has 0 aliphatic rings. The predicted octanol–water partition coefficient (Wildman–Crippen LogP) is 3.91. The minimum atomic E-state index is -0.429. The molecule has 0 atom stereocenters. The molecule has 118 valence electrons. The SMILES string of the molecule is Cc1ccnc(C(C)C)c1-n1c(=O)ncc2cc(Cl)c(Cl)nc21. The average Bonchev–Trinajstić information content (AvgIpc) is 2.49. The van der Waals surface area contributed by atoms with Gasteiger partial charge in [-0.05, 0) is 30.5 Å². The Bertz CT molecular complexity index is 966. The lowest BCUT2D eigenvalue weighted by Gasteiger charge is -2.17. The third-order valence-electron chi connectivity index (χ3n) is 3.58. The van der Waals surface area contributed by atoms with Gasteiger partial charge in [-0.1, -0.05) is 37.0 Å². The van der Waals surface area contributed by atoms with Crippen molar-refractivity contribution in [3.63, 3.8) is 0 Å². The number of fused-ring (bicyclic) bond motifs is 1. The van der Waals surface area contributed by atoms with Gasteiger partial charge in [-0.3, -0.25) is 4.98 Å². The molecule has 7 heteroatoms. The monoisotopic (exact) mass is 348 g/mol. The lowest BCUT2D eigenvalue weighted by Crippen LogP contribution is -2.24. The number of halogens is 2. The van der Waals surface area contributed by atoms with Crippen LogP contribution in [0.2, 0.25) is 10.2 Å². The molecule has 3 aromatic rings. The summed E-state index contributed by atoms with van der Waals surface area (Å²) in [5.74, 6) is 0.134. The maximum Gasteiger partial charge on any atom is 0.353 e. The predicted molar refractivity (Wildman–Crippen MR) is 91.8 cm³/mol. The zero-order chi connectivity index (χ0) is 16.7. The van der Waals surface area contributed by atoms with Gasteiger partial charge in [-0.15, -0.1) is 0 Å². The van der Waals surface area contributed by atoms with Gasteiger partial charge in [-0.2, -0.15) is 0 Å². The van der Waals surface area contributed by atoms with Crippen LogP contribution in [0.25, 0.3) is 16.7 Å². The standard InChI is InChI=1S/C16H14Cl2N4O/c1-8(2)12-13(9(3)4-5-19-12)22-15-10(7-20-16(22)23)6-11(17)14(18)21-15/h4-8H,1-3H3. The molecular weight excluding hydrogens is 335 g/mol. The Labute approximate surface area is 142 Å². The maximum atomic E-state index is 12.5. The summed E-state index contributed by atoms with van der Waals surface area (Å²) in [5, 5.41) is 1.10. The molecule has 0 aliphatic heterocycles. The van der Waals surface area contributed by atoms with Crippen LogP contribution in [0.15, 0.2) is 29.3 Å². The summed E-state index contributed by atoms with van der Waals surface area (Å²) in [7, 11) is 0. The van der Waals surface area contributed by atoms with Crippen LogP contribution in [0.3, 0.4) is 0 Å². The number of hydrogen-bond acceptors (Lipinski definition) is 4. The molecule has 0 saturated carbocycles. The molecule has 0 N–H and O–H groups in total. The van der Waals surface area contributed by atoms with Crippen LogP contribution in [0.5, 0.6) is 0 Å². The Hall–Kier alpha value is -1.98. The molecule has 0 spiro atoms. The van der Waals surface area contributed by atoms with E-state index in [1.165, 1.54) is 10.8 Å². The van der Waals surface area contributed by atoms with E-state index >= 15 is 0 Å². The third kappa shape index (κ3) is 2.71. The highest BCUT2D eigenvalue weighted by molar-refractivity contribution is 6.41. The Morgan fingerprint density at radius 3 is 2.65 bits per heavy atom. The second kappa shape index (κ2) is 5.91. The summed E-state index contributed by atoms with van der Waals surface area (Å²) in [5.41, 5.74) is 2.39. The molecule has 0 radical (unpaired) electrons. The van der Waals surface area contributed by atoms with E-state index in [1.807, 2.05) is 26.8 Å². The number of nitrogens with zero attached hydrogens (tertiary/aromatic N) is 4. The van der Waals surface area contributed by atoms with E-state index in [4.69, 9.17) is 23.2 Å². The number of pyridine rings is 2. The molecular formula is C16H14Cl2N4O. The van der Waals surface area contributed by atoms with Crippen LogP contribution in [0.4, 0.5) is 0 Å². The summed E-state index contributed by atoms with van der Waals surface area (Å²) >= 11 is 12.1. The zero-order valence-corrected chi connectivity index (χ0v) is 14.4. The Morgan fingerprint density at radius 1 is 1.22 bits per heavy atom. The van der Waals surface area contributed by atoms with E-state index < -0.39 is 5.69 Å². The smallest absolute Gasteiger partial charge is 0.259 e. The molecule has 3 heterocycles. The average molecular weight is 349 g/mol. The molecule has 0 amide bonds. The van der Waals surface area contributed by atoms with Crippen LogP contribution in [-0.2, 0) is 0 Å². The van der Waals surface area contributed by atoms with E-state index in [2.05, 4.69) is 15.0 Å². The highest BCUT2D eigenvalue weighted by Gasteiger charge is 2.18. The van der Waals surface area contributed by atoms with Crippen molar-refractivity contribution in [2.75, 3.05) is 0 Å². The normalized spacial score (nSPS) is 11.4. The van der Waals surface area contributed by atoms with Gasteiger partial charge < -0.3 is 0 Å². The van der Waals surface area contributed by atoms with Crippen molar-refractivity contribution in [2.24, 2.45) is 0 Å². The van der Waals surface area contributed by atoms with Gasteiger partial charge in [-0.25, -0.2) is 19.3 Å². The van der Waals surface area contributed by atoms with Crippen molar-refractivity contribution in [1.82, 2.24) is 19.5 Å². The van der Waals surface area contributed by atoms with Gasteiger partial charge >= 0.3 is 5.69 Å².